The smallest absolute Gasteiger partial charge is 0.379 e. The Kier molecular flexibility index (Phi) is 8.95. The summed E-state index contributed by atoms with van der Waals surface area (Å²) in [6, 6.07) is 8.80. The summed E-state index contributed by atoms with van der Waals surface area (Å²) in [4.78, 5) is 26.0. The molecule has 0 saturated carbocycles. The van der Waals surface area contributed by atoms with E-state index in [0.717, 1.165) is 12.1 Å². The molecule has 1 heterocycles. The van der Waals surface area contributed by atoms with Crippen LogP contribution in [0.2, 0.25) is 5.02 Å². The van der Waals surface area contributed by atoms with Gasteiger partial charge in [0.25, 0.3) is 0 Å². The minimum Gasteiger partial charge on any atom is -0.379 e. The van der Waals surface area contributed by atoms with Crippen LogP contribution in [0.5, 0.6) is 0 Å². The lowest BCUT2D eigenvalue weighted by molar-refractivity contribution is -0.137. The Morgan fingerprint density at radius 3 is 2.19 bits per heavy atom. The van der Waals surface area contributed by atoms with Crippen LogP contribution in [-0.2, 0) is 30.5 Å². The minimum atomic E-state index is -4.68. The molecule has 0 aliphatic carbocycles. The van der Waals surface area contributed by atoms with Gasteiger partial charge in [-0.15, -0.1) is 0 Å². The molecule has 9 nitrogen and oxygen atoms in total. The van der Waals surface area contributed by atoms with Crippen molar-refractivity contribution < 1.29 is 35.9 Å². The fourth-order valence-electron chi connectivity index (χ4n) is 3.44. The molecule has 1 saturated heterocycles. The van der Waals surface area contributed by atoms with E-state index < -0.39 is 38.6 Å². The molecule has 0 aromatic heterocycles. The first kappa shape index (κ1) is 27.9. The van der Waals surface area contributed by atoms with Crippen LogP contribution in [0.3, 0.4) is 0 Å². The number of likely N-dealkylation sites (N-methyl/N-ethyl adjacent to an activating group) is 1. The van der Waals surface area contributed by atoms with E-state index >= 15 is 0 Å². The molecule has 3 rings (SSSR count). The zero-order valence-electron chi connectivity index (χ0n) is 19.1. The predicted molar refractivity (Wildman–Crippen MR) is 127 cm³/mol. The van der Waals surface area contributed by atoms with Gasteiger partial charge in [-0.2, -0.15) is 17.5 Å². The van der Waals surface area contributed by atoms with Crippen molar-refractivity contribution in [1.82, 2.24) is 9.21 Å². The van der Waals surface area contributed by atoms with Crippen LogP contribution < -0.4 is 10.6 Å². The molecular formula is C22H24ClF3N4O5S. The molecule has 196 valence electrons. The highest BCUT2D eigenvalue weighted by Gasteiger charge is 2.33. The van der Waals surface area contributed by atoms with Crippen LogP contribution in [0, 0.1) is 0 Å². The molecule has 2 aromatic rings. The molecule has 0 bridgehead atoms. The highest BCUT2D eigenvalue weighted by atomic mass is 35.5. The summed E-state index contributed by atoms with van der Waals surface area (Å²) in [6.45, 7) is 0.553. The van der Waals surface area contributed by atoms with Gasteiger partial charge in [-0.1, -0.05) is 17.7 Å². The van der Waals surface area contributed by atoms with Gasteiger partial charge >= 0.3 is 6.18 Å². The number of carbonyl (C=O) groups excluding carboxylic acids is 2. The summed E-state index contributed by atoms with van der Waals surface area (Å²) >= 11 is 5.57. The van der Waals surface area contributed by atoms with E-state index in [1.54, 1.807) is 0 Å². The molecule has 2 aromatic carbocycles. The zero-order valence-corrected chi connectivity index (χ0v) is 20.7. The largest absolute Gasteiger partial charge is 0.417 e. The number of hydrogen-bond donors (Lipinski definition) is 2. The summed E-state index contributed by atoms with van der Waals surface area (Å²) in [5, 5.41) is 4.43. The number of ether oxygens (including phenoxy) is 1. The summed E-state index contributed by atoms with van der Waals surface area (Å²) in [5.74, 6) is -1.16. The fraction of sp³-hybridized carbons (Fsp3) is 0.364. The summed E-state index contributed by atoms with van der Waals surface area (Å²) in [7, 11) is -2.27. The number of amides is 2. The van der Waals surface area contributed by atoms with Crippen molar-refractivity contribution in [2.45, 2.75) is 11.1 Å². The standard InChI is InChI=1S/C22H24ClF3N4O5S/c1-29(14-21(32)28-16-5-6-19(23)18(12-16)22(24,25)26)13-20(31)27-15-3-2-4-17(11-15)36(33,34)30-7-9-35-10-8-30/h2-6,11-12H,7-10,13-14H2,1H3,(H,27,31)(H,28,32). The van der Waals surface area contributed by atoms with Gasteiger partial charge in [0.05, 0.1) is 41.8 Å². The number of halogens is 4. The van der Waals surface area contributed by atoms with Crippen molar-refractivity contribution in [2.75, 3.05) is 57.1 Å². The van der Waals surface area contributed by atoms with E-state index in [4.69, 9.17) is 16.3 Å². The molecule has 14 heteroatoms. The molecule has 0 radical (unpaired) electrons. The third kappa shape index (κ3) is 7.40. The van der Waals surface area contributed by atoms with Crippen LogP contribution in [0.1, 0.15) is 5.56 Å². The highest BCUT2D eigenvalue weighted by molar-refractivity contribution is 7.89. The average molecular weight is 549 g/mol. The average Bonchev–Trinajstić information content (AvgIpc) is 2.80. The molecular weight excluding hydrogens is 525 g/mol. The summed E-state index contributed by atoms with van der Waals surface area (Å²) in [5.41, 5.74) is -0.909. The lowest BCUT2D eigenvalue weighted by Gasteiger charge is -2.26. The third-order valence-electron chi connectivity index (χ3n) is 5.11. The fourth-order valence-corrected chi connectivity index (χ4v) is 5.12. The maximum absolute atomic E-state index is 13.0. The molecule has 0 atom stereocenters. The van der Waals surface area contributed by atoms with Gasteiger partial charge in [-0.25, -0.2) is 8.42 Å². The van der Waals surface area contributed by atoms with Crippen molar-refractivity contribution in [3.63, 3.8) is 0 Å². The van der Waals surface area contributed by atoms with Crippen molar-refractivity contribution in [1.29, 1.82) is 0 Å². The minimum absolute atomic E-state index is 0.0242. The second-order valence-electron chi connectivity index (χ2n) is 8.01. The first-order valence-electron chi connectivity index (χ1n) is 10.7. The Morgan fingerprint density at radius 1 is 1.03 bits per heavy atom. The maximum Gasteiger partial charge on any atom is 0.417 e. The van der Waals surface area contributed by atoms with Crippen molar-refractivity contribution in [3.8, 4) is 0 Å². The lowest BCUT2D eigenvalue weighted by atomic mass is 10.2. The summed E-state index contributed by atoms with van der Waals surface area (Å²) in [6.07, 6.45) is -4.68. The van der Waals surface area contributed by atoms with Crippen LogP contribution in [0.25, 0.3) is 0 Å². The highest BCUT2D eigenvalue weighted by Crippen LogP contribution is 2.36. The van der Waals surface area contributed by atoms with Gasteiger partial charge in [0.2, 0.25) is 21.8 Å². The van der Waals surface area contributed by atoms with E-state index in [1.807, 2.05) is 0 Å². The first-order valence-corrected chi connectivity index (χ1v) is 12.5. The molecule has 2 amide bonds. The van der Waals surface area contributed by atoms with Crippen LogP contribution >= 0.6 is 11.6 Å². The number of anilines is 2. The molecule has 0 unspecified atom stereocenters. The monoisotopic (exact) mass is 548 g/mol. The second-order valence-corrected chi connectivity index (χ2v) is 10.4. The number of benzene rings is 2. The molecule has 36 heavy (non-hydrogen) atoms. The lowest BCUT2D eigenvalue weighted by Crippen LogP contribution is -2.40. The Balaban J connectivity index is 1.55. The molecule has 0 spiro atoms. The van der Waals surface area contributed by atoms with Crippen LogP contribution in [0.4, 0.5) is 24.5 Å². The van der Waals surface area contributed by atoms with Gasteiger partial charge < -0.3 is 15.4 Å². The Morgan fingerprint density at radius 2 is 1.61 bits per heavy atom. The van der Waals surface area contributed by atoms with Gasteiger partial charge in [0, 0.05) is 24.5 Å². The summed E-state index contributed by atoms with van der Waals surface area (Å²) < 4.78 is 71.1. The maximum atomic E-state index is 13.0. The van der Waals surface area contributed by atoms with Gasteiger partial charge in [-0.3, -0.25) is 14.5 Å². The Hall–Kier alpha value is -2.71. The van der Waals surface area contributed by atoms with Crippen molar-refractivity contribution in [2.24, 2.45) is 0 Å². The van der Waals surface area contributed by atoms with Crippen LogP contribution in [0.15, 0.2) is 47.4 Å². The van der Waals surface area contributed by atoms with E-state index in [9.17, 15) is 31.2 Å². The zero-order chi connectivity index (χ0) is 26.5. The number of nitrogens with one attached hydrogen (secondary N) is 2. The van der Waals surface area contributed by atoms with Gasteiger partial charge in [0.1, 0.15) is 0 Å². The second kappa shape index (κ2) is 11.6. The molecule has 2 N–H and O–H groups in total. The van der Waals surface area contributed by atoms with E-state index in [1.165, 1.54) is 46.6 Å². The van der Waals surface area contributed by atoms with Gasteiger partial charge in [-0.05, 0) is 43.4 Å². The Bertz CT molecular complexity index is 1220. The quantitative estimate of drug-likeness (QED) is 0.525. The number of carbonyl (C=O) groups is 2. The predicted octanol–water partition coefficient (Wildman–Crippen LogP) is 2.89. The van der Waals surface area contributed by atoms with Gasteiger partial charge in [0.15, 0.2) is 0 Å². The number of sulfonamides is 1. The molecule has 1 aliphatic rings. The number of rotatable bonds is 8. The van der Waals surface area contributed by atoms with E-state index in [-0.39, 0.29) is 42.4 Å². The van der Waals surface area contributed by atoms with Crippen LogP contribution in [-0.4, -0.2) is 75.9 Å². The SMILES string of the molecule is CN(CC(=O)Nc1cccc(S(=O)(=O)N2CCOCC2)c1)CC(=O)Nc1ccc(Cl)c(C(F)(F)F)c1. The number of hydrogen-bond acceptors (Lipinski definition) is 6. The van der Waals surface area contributed by atoms with Crippen molar-refractivity contribution in [3.05, 3.63) is 53.1 Å². The molecule has 1 fully saturated rings. The molecule has 1 aliphatic heterocycles. The third-order valence-corrected chi connectivity index (χ3v) is 7.33. The normalized spacial score (nSPS) is 15.1. The topological polar surface area (TPSA) is 108 Å². The number of morpholine rings is 1. The number of alkyl halides is 3. The first-order chi connectivity index (χ1) is 16.9. The Labute approximate surface area is 211 Å². The van der Waals surface area contributed by atoms with Crippen molar-refractivity contribution >= 4 is 44.8 Å². The van der Waals surface area contributed by atoms with E-state index in [2.05, 4.69) is 10.6 Å². The van der Waals surface area contributed by atoms with E-state index in [0.29, 0.717) is 13.2 Å². The number of nitrogens with zero attached hydrogens (tertiary/aromatic N) is 2.